The molecule has 130 valence electrons. The van der Waals surface area contributed by atoms with Crippen molar-refractivity contribution in [1.82, 2.24) is 14.8 Å². The van der Waals surface area contributed by atoms with Crippen LogP contribution in [0.3, 0.4) is 0 Å². The number of rotatable bonds is 3. The Balaban J connectivity index is 2.01. The minimum atomic E-state index is -4.65. The number of alkyl halides is 3. The molecule has 3 rings (SSSR count). The van der Waals surface area contributed by atoms with Crippen LogP contribution in [0.5, 0.6) is 0 Å². The topological polar surface area (TPSA) is 57.0 Å². The van der Waals surface area contributed by atoms with Crippen molar-refractivity contribution < 1.29 is 22.7 Å². The zero-order valence-corrected chi connectivity index (χ0v) is 13.6. The largest absolute Gasteiger partial charge is 0.464 e. The Morgan fingerprint density at radius 3 is 2.72 bits per heavy atom. The van der Waals surface area contributed by atoms with E-state index < -0.39 is 23.5 Å². The molecule has 0 saturated heterocycles. The van der Waals surface area contributed by atoms with Crippen molar-refractivity contribution >= 4 is 28.5 Å². The number of hydrogen-bond donors (Lipinski definition) is 0. The van der Waals surface area contributed by atoms with Crippen LogP contribution in [0.2, 0.25) is 5.02 Å². The number of fused-ring (bicyclic) bond motifs is 1. The number of ether oxygens (including phenoxy) is 1. The molecule has 25 heavy (non-hydrogen) atoms. The highest BCUT2D eigenvalue weighted by Gasteiger charge is 2.36. The van der Waals surface area contributed by atoms with E-state index >= 15 is 0 Å². The lowest BCUT2D eigenvalue weighted by Crippen LogP contribution is -2.15. The van der Waals surface area contributed by atoms with Gasteiger partial charge < -0.3 is 4.74 Å². The van der Waals surface area contributed by atoms with E-state index in [1.165, 1.54) is 6.20 Å². The Hall–Kier alpha value is -2.61. The Kier molecular flexibility index (Phi) is 4.38. The standard InChI is InChI=1S/C16H11ClF3N3O2/c1-25-15(24)13-6-14(16(18,19)20)23(22-13)8-9-2-3-12-10(4-9)5-11(17)7-21-12/h2-7H,8H2,1H3. The molecule has 1 aromatic carbocycles. The number of methoxy groups -OCH3 is 1. The molecule has 2 aromatic heterocycles. The summed E-state index contributed by atoms with van der Waals surface area (Å²) >= 11 is 5.89. The van der Waals surface area contributed by atoms with Gasteiger partial charge in [-0.15, -0.1) is 0 Å². The molecule has 9 heteroatoms. The second-order valence-corrected chi connectivity index (χ2v) is 5.68. The van der Waals surface area contributed by atoms with E-state index in [2.05, 4.69) is 14.8 Å². The molecular formula is C16H11ClF3N3O2. The van der Waals surface area contributed by atoms with Gasteiger partial charge in [0.1, 0.15) is 5.69 Å². The van der Waals surface area contributed by atoms with Crippen LogP contribution in [0.15, 0.2) is 36.5 Å². The van der Waals surface area contributed by atoms with Crippen LogP contribution in [-0.4, -0.2) is 27.8 Å². The van der Waals surface area contributed by atoms with Crippen LogP contribution < -0.4 is 0 Å². The fourth-order valence-corrected chi connectivity index (χ4v) is 2.56. The van der Waals surface area contributed by atoms with Gasteiger partial charge in [0.15, 0.2) is 5.69 Å². The average molecular weight is 370 g/mol. The van der Waals surface area contributed by atoms with Gasteiger partial charge in [0, 0.05) is 17.6 Å². The number of halogens is 4. The van der Waals surface area contributed by atoms with Crippen LogP contribution in [-0.2, 0) is 17.5 Å². The summed E-state index contributed by atoms with van der Waals surface area (Å²) in [5.74, 6) is -0.932. The fraction of sp³-hybridized carbons (Fsp3) is 0.188. The van der Waals surface area contributed by atoms with Gasteiger partial charge in [-0.05, 0) is 23.8 Å². The summed E-state index contributed by atoms with van der Waals surface area (Å²) in [6.45, 7) is -0.172. The minimum absolute atomic E-state index is 0.172. The maximum atomic E-state index is 13.2. The van der Waals surface area contributed by atoms with E-state index in [1.807, 2.05) is 0 Å². The fourth-order valence-electron chi connectivity index (χ4n) is 2.40. The number of aromatic nitrogens is 3. The SMILES string of the molecule is COC(=O)c1cc(C(F)(F)F)n(Cc2ccc3ncc(Cl)cc3c2)n1. The molecule has 0 spiro atoms. The summed E-state index contributed by atoms with van der Waals surface area (Å²) in [5.41, 5.74) is -0.209. The highest BCUT2D eigenvalue weighted by molar-refractivity contribution is 6.31. The van der Waals surface area contributed by atoms with Gasteiger partial charge in [-0.1, -0.05) is 17.7 Å². The summed E-state index contributed by atoms with van der Waals surface area (Å²) in [4.78, 5) is 15.6. The second kappa shape index (κ2) is 6.36. The predicted molar refractivity (Wildman–Crippen MR) is 84.4 cm³/mol. The Morgan fingerprint density at radius 1 is 1.28 bits per heavy atom. The first-order chi connectivity index (χ1) is 11.8. The van der Waals surface area contributed by atoms with Gasteiger partial charge >= 0.3 is 12.1 Å². The smallest absolute Gasteiger partial charge is 0.433 e. The van der Waals surface area contributed by atoms with Crippen molar-refractivity contribution in [3.8, 4) is 0 Å². The van der Waals surface area contributed by atoms with Gasteiger partial charge in [-0.2, -0.15) is 18.3 Å². The molecular weight excluding hydrogens is 359 g/mol. The first-order valence-corrected chi connectivity index (χ1v) is 7.43. The molecule has 5 nitrogen and oxygen atoms in total. The van der Waals surface area contributed by atoms with E-state index in [-0.39, 0.29) is 6.54 Å². The number of hydrogen-bond acceptors (Lipinski definition) is 4. The highest BCUT2D eigenvalue weighted by Crippen LogP contribution is 2.30. The maximum absolute atomic E-state index is 13.2. The van der Waals surface area contributed by atoms with Crippen molar-refractivity contribution in [2.45, 2.75) is 12.7 Å². The highest BCUT2D eigenvalue weighted by atomic mass is 35.5. The lowest BCUT2D eigenvalue weighted by atomic mass is 10.1. The quantitative estimate of drug-likeness (QED) is 0.656. The number of nitrogens with zero attached hydrogens (tertiary/aromatic N) is 3. The van der Waals surface area contributed by atoms with E-state index in [0.717, 1.165) is 11.8 Å². The number of esters is 1. The van der Waals surface area contributed by atoms with Crippen LogP contribution in [0.4, 0.5) is 13.2 Å². The summed E-state index contributed by atoms with van der Waals surface area (Å²) in [6.07, 6.45) is -3.16. The zero-order chi connectivity index (χ0) is 18.2. The third kappa shape index (κ3) is 3.58. The zero-order valence-electron chi connectivity index (χ0n) is 12.8. The molecule has 0 saturated carbocycles. The summed E-state index contributed by atoms with van der Waals surface area (Å²) in [5, 5.41) is 4.84. The van der Waals surface area contributed by atoms with E-state index in [9.17, 15) is 18.0 Å². The Bertz CT molecular complexity index is 953. The van der Waals surface area contributed by atoms with Gasteiger partial charge in [-0.25, -0.2) is 4.79 Å². The van der Waals surface area contributed by atoms with Crippen molar-refractivity contribution in [3.63, 3.8) is 0 Å². The third-order valence-electron chi connectivity index (χ3n) is 3.51. The van der Waals surface area contributed by atoms with Crippen molar-refractivity contribution in [2.24, 2.45) is 0 Å². The van der Waals surface area contributed by atoms with Crippen molar-refractivity contribution in [1.29, 1.82) is 0 Å². The van der Waals surface area contributed by atoms with E-state index in [0.29, 0.717) is 27.6 Å². The lowest BCUT2D eigenvalue weighted by Gasteiger charge is -2.10. The molecule has 0 radical (unpaired) electrons. The van der Waals surface area contributed by atoms with Gasteiger partial charge in [0.2, 0.25) is 0 Å². The Morgan fingerprint density at radius 2 is 2.04 bits per heavy atom. The van der Waals surface area contributed by atoms with Crippen LogP contribution in [0, 0.1) is 0 Å². The molecule has 0 atom stereocenters. The maximum Gasteiger partial charge on any atom is 0.433 e. The molecule has 0 aliphatic rings. The molecule has 3 aromatic rings. The third-order valence-corrected chi connectivity index (χ3v) is 3.72. The molecule has 0 unspecified atom stereocenters. The van der Waals surface area contributed by atoms with Gasteiger partial charge in [-0.3, -0.25) is 9.67 Å². The molecule has 0 amide bonds. The summed E-state index contributed by atoms with van der Waals surface area (Å²) in [7, 11) is 1.08. The number of benzene rings is 1. The molecule has 0 bridgehead atoms. The second-order valence-electron chi connectivity index (χ2n) is 5.24. The van der Waals surface area contributed by atoms with Crippen molar-refractivity contribution in [3.05, 3.63) is 58.5 Å². The van der Waals surface area contributed by atoms with Crippen LogP contribution in [0.25, 0.3) is 10.9 Å². The van der Waals surface area contributed by atoms with Crippen LogP contribution in [0.1, 0.15) is 21.7 Å². The van der Waals surface area contributed by atoms with E-state index in [1.54, 1.807) is 24.3 Å². The molecule has 0 aliphatic carbocycles. The van der Waals surface area contributed by atoms with Crippen molar-refractivity contribution in [2.75, 3.05) is 7.11 Å². The normalized spacial score (nSPS) is 11.7. The van der Waals surface area contributed by atoms with Gasteiger partial charge in [0.05, 0.1) is 24.2 Å². The summed E-state index contributed by atoms with van der Waals surface area (Å²) in [6, 6.07) is 7.34. The molecule has 0 N–H and O–H groups in total. The Labute approximate surface area is 145 Å². The minimum Gasteiger partial charge on any atom is -0.464 e. The number of carbonyl (C=O) groups excluding carboxylic acids is 1. The lowest BCUT2D eigenvalue weighted by molar-refractivity contribution is -0.144. The van der Waals surface area contributed by atoms with Crippen LogP contribution >= 0.6 is 11.6 Å². The number of pyridine rings is 1. The molecule has 0 aliphatic heterocycles. The molecule has 2 heterocycles. The molecule has 0 fully saturated rings. The summed E-state index contributed by atoms with van der Waals surface area (Å²) < 4.78 is 44.8. The first kappa shape index (κ1) is 17.2. The monoisotopic (exact) mass is 369 g/mol. The first-order valence-electron chi connectivity index (χ1n) is 7.05. The predicted octanol–water partition coefficient (Wildman–Crippen LogP) is 3.94. The number of carbonyl (C=O) groups is 1. The van der Waals surface area contributed by atoms with Gasteiger partial charge in [0.25, 0.3) is 0 Å². The van der Waals surface area contributed by atoms with E-state index in [4.69, 9.17) is 11.6 Å². The average Bonchev–Trinajstić information content (AvgIpc) is 2.98.